The van der Waals surface area contributed by atoms with Gasteiger partial charge in [0.05, 0.1) is 18.6 Å². The van der Waals surface area contributed by atoms with E-state index in [1.807, 2.05) is 0 Å². The number of carbonyl (C=O) groups is 2. The first-order valence-corrected chi connectivity index (χ1v) is 7.66. The zero-order valence-corrected chi connectivity index (χ0v) is 13.4. The largest absolute Gasteiger partial charge is 0.497 e. The van der Waals surface area contributed by atoms with E-state index in [0.29, 0.717) is 28.8 Å². The zero-order chi connectivity index (χ0) is 15.4. The molecular weight excluding hydrogens is 338 g/mol. The van der Waals surface area contributed by atoms with Crippen molar-refractivity contribution in [3.63, 3.8) is 0 Å². The van der Waals surface area contributed by atoms with Crippen LogP contribution in [-0.4, -0.2) is 30.6 Å². The molecule has 1 aliphatic rings. The highest BCUT2D eigenvalue weighted by Gasteiger charge is 2.33. The van der Waals surface area contributed by atoms with E-state index in [1.54, 1.807) is 25.3 Å². The summed E-state index contributed by atoms with van der Waals surface area (Å²) in [5.74, 6) is -0.728. The van der Waals surface area contributed by atoms with Crippen molar-refractivity contribution in [1.82, 2.24) is 5.32 Å². The molecule has 0 heterocycles. The molecule has 1 aromatic rings. The number of benzene rings is 1. The first-order chi connectivity index (χ1) is 10.0. The van der Waals surface area contributed by atoms with E-state index in [2.05, 4.69) is 21.2 Å². The highest BCUT2D eigenvalue weighted by molar-refractivity contribution is 9.10. The van der Waals surface area contributed by atoms with Crippen LogP contribution in [0.1, 0.15) is 29.6 Å². The van der Waals surface area contributed by atoms with E-state index >= 15 is 0 Å². The van der Waals surface area contributed by atoms with Gasteiger partial charge < -0.3 is 15.2 Å². The molecule has 1 fully saturated rings. The molecule has 1 aromatic carbocycles. The van der Waals surface area contributed by atoms with Gasteiger partial charge in [0.15, 0.2) is 0 Å². The van der Waals surface area contributed by atoms with Crippen molar-refractivity contribution < 1.29 is 19.4 Å². The topological polar surface area (TPSA) is 75.6 Å². The van der Waals surface area contributed by atoms with Gasteiger partial charge in [0.1, 0.15) is 5.75 Å². The lowest BCUT2D eigenvalue weighted by Crippen LogP contribution is -2.33. The molecule has 6 heteroatoms. The van der Waals surface area contributed by atoms with Crippen molar-refractivity contribution in [3.05, 3.63) is 28.2 Å². The van der Waals surface area contributed by atoms with Crippen LogP contribution in [0.5, 0.6) is 5.75 Å². The molecule has 2 atom stereocenters. The van der Waals surface area contributed by atoms with Crippen molar-refractivity contribution in [1.29, 1.82) is 0 Å². The van der Waals surface area contributed by atoms with Crippen molar-refractivity contribution >= 4 is 27.8 Å². The Morgan fingerprint density at radius 1 is 1.43 bits per heavy atom. The van der Waals surface area contributed by atoms with E-state index in [4.69, 9.17) is 9.84 Å². The minimum Gasteiger partial charge on any atom is -0.497 e. The van der Waals surface area contributed by atoms with E-state index in [1.165, 1.54) is 0 Å². The van der Waals surface area contributed by atoms with Gasteiger partial charge >= 0.3 is 5.97 Å². The molecule has 0 aromatic heterocycles. The summed E-state index contributed by atoms with van der Waals surface area (Å²) in [5.41, 5.74) is 0.485. The number of ether oxygens (including phenoxy) is 1. The first-order valence-electron chi connectivity index (χ1n) is 6.87. The average molecular weight is 356 g/mol. The Bertz CT molecular complexity index is 546. The van der Waals surface area contributed by atoms with Gasteiger partial charge in [-0.3, -0.25) is 9.59 Å². The number of amides is 1. The van der Waals surface area contributed by atoms with Crippen LogP contribution in [0.25, 0.3) is 0 Å². The van der Waals surface area contributed by atoms with Crippen molar-refractivity contribution in [3.8, 4) is 5.75 Å². The summed E-state index contributed by atoms with van der Waals surface area (Å²) in [6.07, 6.45) is 2.44. The average Bonchev–Trinajstić information content (AvgIpc) is 2.94. The van der Waals surface area contributed by atoms with Crippen LogP contribution in [0.2, 0.25) is 0 Å². The second-order valence-corrected chi connectivity index (χ2v) is 6.05. The van der Waals surface area contributed by atoms with Crippen LogP contribution in [0, 0.1) is 11.8 Å². The number of methoxy groups -OCH3 is 1. The molecule has 2 N–H and O–H groups in total. The maximum atomic E-state index is 12.2. The van der Waals surface area contributed by atoms with Gasteiger partial charge in [0.2, 0.25) is 0 Å². The smallest absolute Gasteiger partial charge is 0.306 e. The standard InChI is InChI=1S/C15H18BrNO4/c1-21-10-5-6-13(16)12(7-10)14(18)17-8-9-3-2-4-11(9)15(19)20/h5-7,9,11H,2-4,8H2,1H3,(H,17,18)(H,19,20). The van der Waals surface area contributed by atoms with Gasteiger partial charge in [0.25, 0.3) is 5.91 Å². The van der Waals surface area contributed by atoms with Gasteiger partial charge in [0, 0.05) is 11.0 Å². The van der Waals surface area contributed by atoms with E-state index in [0.717, 1.165) is 12.8 Å². The summed E-state index contributed by atoms with van der Waals surface area (Å²) in [7, 11) is 1.54. The number of aliphatic carboxylic acids is 1. The molecule has 0 radical (unpaired) electrons. The Balaban J connectivity index is 2.00. The Hall–Kier alpha value is -1.56. The fourth-order valence-electron chi connectivity index (χ4n) is 2.73. The number of hydrogen-bond acceptors (Lipinski definition) is 3. The summed E-state index contributed by atoms with van der Waals surface area (Å²) >= 11 is 3.34. The Kier molecular flexibility index (Phi) is 5.22. The molecule has 1 amide bonds. The lowest BCUT2D eigenvalue weighted by molar-refractivity contribution is -0.142. The molecule has 5 nitrogen and oxygen atoms in total. The third-order valence-electron chi connectivity index (χ3n) is 3.92. The molecule has 2 unspecified atom stereocenters. The molecule has 114 valence electrons. The number of halogens is 1. The normalized spacial score (nSPS) is 21.0. The van der Waals surface area contributed by atoms with Crippen LogP contribution in [0.3, 0.4) is 0 Å². The van der Waals surface area contributed by atoms with Crippen molar-refractivity contribution in [2.75, 3.05) is 13.7 Å². The summed E-state index contributed by atoms with van der Waals surface area (Å²) < 4.78 is 5.79. The van der Waals surface area contributed by atoms with Gasteiger partial charge in [-0.1, -0.05) is 6.42 Å². The van der Waals surface area contributed by atoms with Crippen LogP contribution in [0.15, 0.2) is 22.7 Å². The third-order valence-corrected chi connectivity index (χ3v) is 4.61. The van der Waals surface area contributed by atoms with Gasteiger partial charge in [-0.15, -0.1) is 0 Å². The molecule has 1 saturated carbocycles. The van der Waals surface area contributed by atoms with E-state index in [-0.39, 0.29) is 17.7 Å². The fraction of sp³-hybridized carbons (Fsp3) is 0.467. The number of carboxylic acid groups (broad SMARTS) is 1. The minimum atomic E-state index is -0.769. The molecule has 0 spiro atoms. The summed E-state index contributed by atoms with van der Waals surface area (Å²) in [4.78, 5) is 23.4. The molecule has 0 saturated heterocycles. The minimum absolute atomic E-state index is 0.0100. The predicted molar refractivity (Wildman–Crippen MR) is 81.5 cm³/mol. The number of hydrogen-bond donors (Lipinski definition) is 2. The number of carboxylic acids is 1. The van der Waals surface area contributed by atoms with Crippen LogP contribution < -0.4 is 10.1 Å². The Morgan fingerprint density at radius 2 is 2.19 bits per heavy atom. The Labute approximate surface area is 131 Å². The predicted octanol–water partition coefficient (Wildman–Crippen LogP) is 2.69. The number of carbonyl (C=O) groups excluding carboxylic acids is 1. The zero-order valence-electron chi connectivity index (χ0n) is 11.8. The van der Waals surface area contributed by atoms with Crippen LogP contribution in [-0.2, 0) is 4.79 Å². The molecule has 0 aliphatic heterocycles. The van der Waals surface area contributed by atoms with Gasteiger partial charge in [-0.05, 0) is 52.9 Å². The lowest BCUT2D eigenvalue weighted by atomic mass is 9.96. The Morgan fingerprint density at radius 3 is 2.86 bits per heavy atom. The SMILES string of the molecule is COc1ccc(Br)c(C(=O)NCC2CCCC2C(=O)O)c1. The second kappa shape index (κ2) is 6.93. The molecular formula is C15H18BrNO4. The van der Waals surface area contributed by atoms with Gasteiger partial charge in [-0.25, -0.2) is 0 Å². The first kappa shape index (κ1) is 15.8. The fourth-order valence-corrected chi connectivity index (χ4v) is 3.16. The summed E-state index contributed by atoms with van der Waals surface area (Å²) in [5, 5.41) is 12.0. The van der Waals surface area contributed by atoms with E-state index in [9.17, 15) is 9.59 Å². The number of rotatable bonds is 5. The number of nitrogens with one attached hydrogen (secondary N) is 1. The van der Waals surface area contributed by atoms with Crippen molar-refractivity contribution in [2.45, 2.75) is 19.3 Å². The highest BCUT2D eigenvalue weighted by Crippen LogP contribution is 2.31. The monoisotopic (exact) mass is 355 g/mol. The quantitative estimate of drug-likeness (QED) is 0.851. The maximum Gasteiger partial charge on any atom is 0.306 e. The lowest BCUT2D eigenvalue weighted by Gasteiger charge is -2.16. The third kappa shape index (κ3) is 3.75. The molecule has 2 rings (SSSR count). The highest BCUT2D eigenvalue weighted by atomic mass is 79.9. The second-order valence-electron chi connectivity index (χ2n) is 5.19. The summed E-state index contributed by atoms with van der Waals surface area (Å²) in [6, 6.07) is 5.17. The molecule has 21 heavy (non-hydrogen) atoms. The van der Waals surface area contributed by atoms with Gasteiger partial charge in [-0.2, -0.15) is 0 Å². The van der Waals surface area contributed by atoms with E-state index < -0.39 is 5.97 Å². The van der Waals surface area contributed by atoms with Crippen molar-refractivity contribution in [2.24, 2.45) is 11.8 Å². The van der Waals surface area contributed by atoms with Crippen LogP contribution in [0.4, 0.5) is 0 Å². The maximum absolute atomic E-state index is 12.2. The molecule has 0 bridgehead atoms. The summed E-state index contributed by atoms with van der Waals surface area (Å²) in [6.45, 7) is 0.388. The van der Waals surface area contributed by atoms with Crippen LogP contribution >= 0.6 is 15.9 Å². The molecule has 1 aliphatic carbocycles.